The van der Waals surface area contributed by atoms with Gasteiger partial charge in [-0.2, -0.15) is 0 Å². The van der Waals surface area contributed by atoms with Crippen molar-refractivity contribution in [1.29, 1.82) is 0 Å². The number of non-ortho nitro benzene ring substituents is 1. The molecule has 2 rings (SSSR count). The van der Waals surface area contributed by atoms with E-state index in [1.807, 2.05) is 32.0 Å². The second-order valence-electron chi connectivity index (χ2n) is 5.56. The normalized spacial score (nSPS) is 10.3. The first-order valence-corrected chi connectivity index (χ1v) is 7.68. The maximum atomic E-state index is 12.1. The predicted molar refractivity (Wildman–Crippen MR) is 92.5 cm³/mol. The summed E-state index contributed by atoms with van der Waals surface area (Å²) in [6.45, 7) is 5.45. The molecule has 1 amide bonds. The molecule has 2 aromatic carbocycles. The largest absolute Gasteiger partial charge is 0.484 e. The Labute approximate surface area is 140 Å². The van der Waals surface area contributed by atoms with E-state index in [-0.39, 0.29) is 18.2 Å². The molecule has 0 atom stereocenters. The number of aryl methyl sites for hydroxylation is 3. The van der Waals surface area contributed by atoms with Crippen LogP contribution in [-0.4, -0.2) is 17.4 Å². The standard InChI is InChI=1S/C18H20N2O4/c1-4-14-10-15(20(22)23)9-13(3)18(14)19-17(21)11-24-16-7-5-6-12(2)8-16/h5-10H,4,11H2,1-3H3,(H,19,21). The molecular weight excluding hydrogens is 308 g/mol. The molecule has 0 heterocycles. The van der Waals surface area contributed by atoms with Crippen LogP contribution in [0.2, 0.25) is 0 Å². The summed E-state index contributed by atoms with van der Waals surface area (Å²) in [7, 11) is 0. The molecule has 0 spiro atoms. The van der Waals surface area contributed by atoms with E-state index < -0.39 is 4.92 Å². The molecule has 2 aromatic rings. The lowest BCUT2D eigenvalue weighted by atomic mass is 10.0. The zero-order valence-electron chi connectivity index (χ0n) is 14.0. The molecule has 6 heteroatoms. The summed E-state index contributed by atoms with van der Waals surface area (Å²) in [6.07, 6.45) is 0.580. The van der Waals surface area contributed by atoms with E-state index in [1.54, 1.807) is 13.0 Å². The van der Waals surface area contributed by atoms with Crippen LogP contribution in [0, 0.1) is 24.0 Å². The van der Waals surface area contributed by atoms with Gasteiger partial charge in [-0.1, -0.05) is 19.1 Å². The van der Waals surface area contributed by atoms with E-state index in [1.165, 1.54) is 12.1 Å². The second-order valence-corrected chi connectivity index (χ2v) is 5.56. The number of benzene rings is 2. The third kappa shape index (κ3) is 4.32. The molecule has 0 unspecified atom stereocenters. The van der Waals surface area contributed by atoms with Crippen LogP contribution in [0.3, 0.4) is 0 Å². The molecule has 0 radical (unpaired) electrons. The highest BCUT2D eigenvalue weighted by Crippen LogP contribution is 2.27. The Hall–Kier alpha value is -2.89. The number of amides is 1. The number of hydrogen-bond acceptors (Lipinski definition) is 4. The Balaban J connectivity index is 2.09. The van der Waals surface area contributed by atoms with Crippen LogP contribution in [0.4, 0.5) is 11.4 Å². The number of nitro benzene ring substituents is 1. The van der Waals surface area contributed by atoms with Gasteiger partial charge in [0, 0.05) is 17.8 Å². The van der Waals surface area contributed by atoms with Gasteiger partial charge in [-0.15, -0.1) is 0 Å². The molecule has 1 N–H and O–H groups in total. The average molecular weight is 328 g/mol. The quantitative estimate of drug-likeness (QED) is 0.646. The molecule has 126 valence electrons. The van der Waals surface area contributed by atoms with Crippen molar-refractivity contribution < 1.29 is 14.5 Å². The van der Waals surface area contributed by atoms with E-state index >= 15 is 0 Å². The van der Waals surface area contributed by atoms with Crippen molar-refractivity contribution in [3.63, 3.8) is 0 Å². The van der Waals surface area contributed by atoms with Crippen LogP contribution < -0.4 is 10.1 Å². The van der Waals surface area contributed by atoms with E-state index in [4.69, 9.17) is 4.74 Å². The molecule has 0 fully saturated rings. The Kier molecular flexibility index (Phi) is 5.52. The van der Waals surface area contributed by atoms with E-state index in [9.17, 15) is 14.9 Å². The molecular formula is C18H20N2O4. The van der Waals surface area contributed by atoms with Crippen LogP contribution in [0.1, 0.15) is 23.6 Å². The maximum absolute atomic E-state index is 12.1. The number of nitrogens with one attached hydrogen (secondary N) is 1. The van der Waals surface area contributed by atoms with Gasteiger partial charge >= 0.3 is 0 Å². The van der Waals surface area contributed by atoms with Crippen LogP contribution in [0.5, 0.6) is 5.75 Å². The number of carbonyl (C=O) groups excluding carboxylic acids is 1. The van der Waals surface area contributed by atoms with Gasteiger partial charge in [0.15, 0.2) is 6.61 Å². The van der Waals surface area contributed by atoms with Gasteiger partial charge in [0.1, 0.15) is 5.75 Å². The van der Waals surface area contributed by atoms with E-state index in [2.05, 4.69) is 5.32 Å². The lowest BCUT2D eigenvalue weighted by molar-refractivity contribution is -0.384. The van der Waals surface area contributed by atoms with Crippen molar-refractivity contribution in [2.45, 2.75) is 27.2 Å². The summed E-state index contributed by atoms with van der Waals surface area (Å²) in [4.78, 5) is 22.6. The Morgan fingerprint density at radius 3 is 2.62 bits per heavy atom. The molecule has 6 nitrogen and oxygen atoms in total. The number of hydrogen-bond donors (Lipinski definition) is 1. The first-order valence-electron chi connectivity index (χ1n) is 7.68. The van der Waals surface area contributed by atoms with Crippen LogP contribution in [0.25, 0.3) is 0 Å². The molecule has 0 saturated heterocycles. The number of anilines is 1. The summed E-state index contributed by atoms with van der Waals surface area (Å²) in [6, 6.07) is 10.4. The van der Waals surface area contributed by atoms with Crippen LogP contribution in [0.15, 0.2) is 36.4 Å². The zero-order valence-corrected chi connectivity index (χ0v) is 14.0. The monoisotopic (exact) mass is 328 g/mol. The fourth-order valence-electron chi connectivity index (χ4n) is 2.43. The van der Waals surface area contributed by atoms with Crippen LogP contribution >= 0.6 is 0 Å². The van der Waals surface area contributed by atoms with Crippen molar-refractivity contribution in [3.8, 4) is 5.75 Å². The minimum atomic E-state index is -0.432. The van der Waals surface area contributed by atoms with Crippen molar-refractivity contribution >= 4 is 17.3 Å². The fourth-order valence-corrected chi connectivity index (χ4v) is 2.43. The minimum Gasteiger partial charge on any atom is -0.484 e. The minimum absolute atomic E-state index is 0.0263. The smallest absolute Gasteiger partial charge is 0.270 e. The van der Waals surface area contributed by atoms with E-state index in [0.717, 1.165) is 11.1 Å². The lowest BCUT2D eigenvalue weighted by Crippen LogP contribution is -2.21. The Bertz CT molecular complexity index is 772. The summed E-state index contributed by atoms with van der Waals surface area (Å²) in [5.41, 5.74) is 3.07. The number of ether oxygens (including phenoxy) is 1. The topological polar surface area (TPSA) is 81.5 Å². The van der Waals surface area contributed by atoms with Crippen molar-refractivity contribution in [3.05, 3.63) is 63.2 Å². The number of rotatable bonds is 6. The summed E-state index contributed by atoms with van der Waals surface area (Å²) >= 11 is 0. The fraction of sp³-hybridized carbons (Fsp3) is 0.278. The first kappa shape index (κ1) is 17.5. The maximum Gasteiger partial charge on any atom is 0.270 e. The van der Waals surface area contributed by atoms with Crippen molar-refractivity contribution in [2.75, 3.05) is 11.9 Å². The zero-order chi connectivity index (χ0) is 17.7. The predicted octanol–water partition coefficient (Wildman–Crippen LogP) is 3.79. The first-order chi connectivity index (χ1) is 11.4. The van der Waals surface area contributed by atoms with Gasteiger partial charge in [-0.25, -0.2) is 0 Å². The third-order valence-electron chi connectivity index (χ3n) is 3.62. The molecule has 24 heavy (non-hydrogen) atoms. The third-order valence-corrected chi connectivity index (χ3v) is 3.62. The van der Waals surface area contributed by atoms with Crippen molar-refractivity contribution in [2.24, 2.45) is 0 Å². The molecule has 0 saturated carbocycles. The molecule has 0 aromatic heterocycles. The Morgan fingerprint density at radius 1 is 1.25 bits per heavy atom. The van der Waals surface area contributed by atoms with Gasteiger partial charge in [0.2, 0.25) is 0 Å². The molecule has 0 bridgehead atoms. The summed E-state index contributed by atoms with van der Waals surface area (Å²) in [5, 5.41) is 13.7. The number of nitro groups is 1. The lowest BCUT2D eigenvalue weighted by Gasteiger charge is -2.13. The number of nitrogens with zero attached hydrogens (tertiary/aromatic N) is 1. The summed E-state index contributed by atoms with van der Waals surface area (Å²) in [5.74, 6) is 0.324. The van der Waals surface area contributed by atoms with Crippen molar-refractivity contribution in [1.82, 2.24) is 0 Å². The number of carbonyl (C=O) groups is 1. The molecule has 0 aliphatic carbocycles. The van der Waals surface area contributed by atoms with Gasteiger partial charge in [0.25, 0.3) is 11.6 Å². The average Bonchev–Trinajstić information content (AvgIpc) is 2.54. The van der Waals surface area contributed by atoms with Gasteiger partial charge in [-0.05, 0) is 49.1 Å². The SMILES string of the molecule is CCc1cc([N+](=O)[O-])cc(C)c1NC(=O)COc1cccc(C)c1. The highest BCUT2D eigenvalue weighted by atomic mass is 16.6. The van der Waals surface area contributed by atoms with E-state index in [0.29, 0.717) is 23.4 Å². The molecule has 0 aliphatic heterocycles. The highest BCUT2D eigenvalue weighted by molar-refractivity contribution is 5.93. The molecule has 0 aliphatic rings. The van der Waals surface area contributed by atoms with Crippen LogP contribution in [-0.2, 0) is 11.2 Å². The van der Waals surface area contributed by atoms with Gasteiger partial charge < -0.3 is 10.1 Å². The Morgan fingerprint density at radius 2 is 2.00 bits per heavy atom. The van der Waals surface area contributed by atoms with Gasteiger partial charge in [-0.3, -0.25) is 14.9 Å². The highest BCUT2D eigenvalue weighted by Gasteiger charge is 2.15. The van der Waals surface area contributed by atoms with Gasteiger partial charge in [0.05, 0.1) is 4.92 Å². The summed E-state index contributed by atoms with van der Waals surface area (Å²) < 4.78 is 5.48. The second kappa shape index (κ2) is 7.59.